The van der Waals surface area contributed by atoms with Crippen molar-refractivity contribution in [1.82, 2.24) is 5.32 Å². The SMILES string of the molecule is Cc1sc(CCNCC(C)C)cc1Br. The first-order valence-electron chi connectivity index (χ1n) is 5.05. The molecular weight excluding hydrogens is 258 g/mol. The lowest BCUT2D eigenvalue weighted by Crippen LogP contribution is -2.21. The normalized spacial score (nSPS) is 11.2. The third kappa shape index (κ3) is 4.11. The van der Waals surface area contributed by atoms with E-state index in [9.17, 15) is 0 Å². The Kier molecular flexibility index (Phi) is 5.13. The Morgan fingerprint density at radius 1 is 1.50 bits per heavy atom. The maximum Gasteiger partial charge on any atom is 0.0314 e. The second-order valence-electron chi connectivity index (χ2n) is 3.96. The molecule has 0 radical (unpaired) electrons. The van der Waals surface area contributed by atoms with Gasteiger partial charge in [-0.3, -0.25) is 0 Å². The van der Waals surface area contributed by atoms with Crippen LogP contribution >= 0.6 is 27.3 Å². The van der Waals surface area contributed by atoms with Crippen molar-refractivity contribution in [3.8, 4) is 0 Å². The summed E-state index contributed by atoms with van der Waals surface area (Å²) in [5, 5.41) is 3.45. The first-order valence-corrected chi connectivity index (χ1v) is 6.66. The van der Waals surface area contributed by atoms with Crippen LogP contribution in [-0.4, -0.2) is 13.1 Å². The van der Waals surface area contributed by atoms with E-state index in [0.717, 1.165) is 25.4 Å². The van der Waals surface area contributed by atoms with E-state index in [1.165, 1.54) is 14.2 Å². The van der Waals surface area contributed by atoms with Crippen molar-refractivity contribution in [3.05, 3.63) is 20.3 Å². The number of rotatable bonds is 5. The molecule has 0 aromatic carbocycles. The van der Waals surface area contributed by atoms with E-state index in [1.807, 2.05) is 11.3 Å². The van der Waals surface area contributed by atoms with E-state index in [0.29, 0.717) is 0 Å². The molecule has 1 N–H and O–H groups in total. The fraction of sp³-hybridized carbons (Fsp3) is 0.636. The highest BCUT2D eigenvalue weighted by molar-refractivity contribution is 9.10. The Morgan fingerprint density at radius 3 is 2.71 bits per heavy atom. The summed E-state index contributed by atoms with van der Waals surface area (Å²) >= 11 is 5.42. The molecule has 1 rings (SSSR count). The van der Waals surface area contributed by atoms with Crippen molar-refractivity contribution in [2.45, 2.75) is 27.2 Å². The Balaban J connectivity index is 2.25. The Morgan fingerprint density at radius 2 is 2.21 bits per heavy atom. The predicted octanol–water partition coefficient (Wildman–Crippen LogP) is 3.61. The van der Waals surface area contributed by atoms with E-state index >= 15 is 0 Å². The molecule has 0 unspecified atom stereocenters. The van der Waals surface area contributed by atoms with E-state index in [4.69, 9.17) is 0 Å². The summed E-state index contributed by atoms with van der Waals surface area (Å²) in [5.41, 5.74) is 0. The lowest BCUT2D eigenvalue weighted by Gasteiger charge is -2.05. The molecular formula is C11H18BrNS. The monoisotopic (exact) mass is 275 g/mol. The molecule has 0 atom stereocenters. The number of hydrogen-bond donors (Lipinski definition) is 1. The number of aryl methyl sites for hydroxylation is 1. The molecule has 0 spiro atoms. The Bertz CT molecular complexity index is 261. The minimum atomic E-state index is 0.742. The molecule has 1 heterocycles. The van der Waals surface area contributed by atoms with E-state index < -0.39 is 0 Å². The molecule has 0 bridgehead atoms. The highest BCUT2D eigenvalue weighted by Gasteiger charge is 2.02. The first-order chi connectivity index (χ1) is 6.59. The summed E-state index contributed by atoms with van der Waals surface area (Å²) in [6, 6.07) is 2.23. The lowest BCUT2D eigenvalue weighted by atomic mass is 10.2. The van der Waals surface area contributed by atoms with E-state index in [1.54, 1.807) is 0 Å². The maximum atomic E-state index is 3.54. The molecule has 14 heavy (non-hydrogen) atoms. The molecule has 80 valence electrons. The average molecular weight is 276 g/mol. The zero-order valence-electron chi connectivity index (χ0n) is 9.06. The van der Waals surface area contributed by atoms with Crippen LogP contribution in [0.4, 0.5) is 0 Å². The molecule has 1 aromatic rings. The highest BCUT2D eigenvalue weighted by Crippen LogP contribution is 2.26. The number of thiophene rings is 1. The largest absolute Gasteiger partial charge is 0.316 e. The minimum absolute atomic E-state index is 0.742. The van der Waals surface area contributed by atoms with Crippen LogP contribution in [0.15, 0.2) is 10.5 Å². The molecule has 0 saturated carbocycles. The summed E-state index contributed by atoms with van der Waals surface area (Å²) in [6.07, 6.45) is 1.14. The Hall–Kier alpha value is 0.140. The third-order valence-electron chi connectivity index (χ3n) is 2.01. The van der Waals surface area contributed by atoms with Gasteiger partial charge >= 0.3 is 0 Å². The lowest BCUT2D eigenvalue weighted by molar-refractivity contribution is 0.555. The van der Waals surface area contributed by atoms with Crippen molar-refractivity contribution < 1.29 is 0 Å². The highest BCUT2D eigenvalue weighted by atomic mass is 79.9. The maximum absolute atomic E-state index is 3.54. The van der Waals surface area contributed by atoms with Crippen LogP contribution in [0.5, 0.6) is 0 Å². The standard InChI is InChI=1S/C11H18BrNS/c1-8(2)7-13-5-4-10-6-11(12)9(3)14-10/h6,8,13H,4-5,7H2,1-3H3. The number of halogens is 1. The van der Waals surface area contributed by atoms with Crippen molar-refractivity contribution in [2.75, 3.05) is 13.1 Å². The fourth-order valence-corrected chi connectivity index (χ4v) is 2.84. The van der Waals surface area contributed by atoms with Gasteiger partial charge in [-0.1, -0.05) is 13.8 Å². The average Bonchev–Trinajstić information content (AvgIpc) is 2.40. The van der Waals surface area contributed by atoms with Gasteiger partial charge < -0.3 is 5.32 Å². The van der Waals surface area contributed by atoms with Gasteiger partial charge in [0.2, 0.25) is 0 Å². The summed E-state index contributed by atoms with van der Waals surface area (Å²) in [5.74, 6) is 0.742. The van der Waals surface area contributed by atoms with E-state index in [2.05, 4.69) is 48.1 Å². The molecule has 0 aliphatic heterocycles. The van der Waals surface area contributed by atoms with Gasteiger partial charge in [-0.2, -0.15) is 0 Å². The van der Waals surface area contributed by atoms with Crippen LogP contribution in [0.2, 0.25) is 0 Å². The molecule has 1 nitrogen and oxygen atoms in total. The van der Waals surface area contributed by atoms with Crippen molar-refractivity contribution in [3.63, 3.8) is 0 Å². The number of hydrogen-bond acceptors (Lipinski definition) is 2. The summed E-state index contributed by atoms with van der Waals surface area (Å²) in [6.45, 7) is 8.83. The van der Waals surface area contributed by atoms with Crippen molar-refractivity contribution >= 4 is 27.3 Å². The second kappa shape index (κ2) is 5.89. The van der Waals surface area contributed by atoms with Gasteiger partial charge in [0.15, 0.2) is 0 Å². The van der Waals surface area contributed by atoms with Crippen LogP contribution < -0.4 is 5.32 Å². The molecule has 3 heteroatoms. The van der Waals surface area contributed by atoms with Gasteiger partial charge in [-0.25, -0.2) is 0 Å². The predicted molar refractivity (Wildman–Crippen MR) is 68.2 cm³/mol. The zero-order valence-corrected chi connectivity index (χ0v) is 11.5. The molecule has 0 aliphatic rings. The molecule has 1 aromatic heterocycles. The quantitative estimate of drug-likeness (QED) is 0.810. The summed E-state index contributed by atoms with van der Waals surface area (Å²) in [4.78, 5) is 2.84. The molecule has 0 saturated heterocycles. The summed E-state index contributed by atoms with van der Waals surface area (Å²) < 4.78 is 1.25. The topological polar surface area (TPSA) is 12.0 Å². The molecule has 0 amide bonds. The molecule has 0 fully saturated rings. The van der Waals surface area contributed by atoms with Gasteiger partial charge in [-0.15, -0.1) is 11.3 Å². The first kappa shape index (κ1) is 12.2. The van der Waals surface area contributed by atoms with Crippen LogP contribution in [0, 0.1) is 12.8 Å². The van der Waals surface area contributed by atoms with Crippen LogP contribution in [-0.2, 0) is 6.42 Å². The van der Waals surface area contributed by atoms with Gasteiger partial charge in [-0.05, 0) is 54.3 Å². The summed E-state index contributed by atoms with van der Waals surface area (Å²) in [7, 11) is 0. The Labute approximate surface area is 99.0 Å². The van der Waals surface area contributed by atoms with Crippen LogP contribution in [0.3, 0.4) is 0 Å². The minimum Gasteiger partial charge on any atom is -0.316 e. The third-order valence-corrected chi connectivity index (χ3v) is 4.21. The molecule has 0 aliphatic carbocycles. The van der Waals surface area contributed by atoms with Gasteiger partial charge in [0, 0.05) is 14.2 Å². The zero-order chi connectivity index (χ0) is 10.6. The van der Waals surface area contributed by atoms with Crippen molar-refractivity contribution in [2.24, 2.45) is 5.92 Å². The van der Waals surface area contributed by atoms with Gasteiger partial charge in [0.25, 0.3) is 0 Å². The van der Waals surface area contributed by atoms with Gasteiger partial charge in [0.1, 0.15) is 0 Å². The van der Waals surface area contributed by atoms with Crippen molar-refractivity contribution in [1.29, 1.82) is 0 Å². The van der Waals surface area contributed by atoms with E-state index in [-0.39, 0.29) is 0 Å². The number of nitrogens with one attached hydrogen (secondary N) is 1. The van der Waals surface area contributed by atoms with Crippen LogP contribution in [0.1, 0.15) is 23.6 Å². The van der Waals surface area contributed by atoms with Crippen LogP contribution in [0.25, 0.3) is 0 Å². The smallest absolute Gasteiger partial charge is 0.0314 e. The fourth-order valence-electron chi connectivity index (χ4n) is 1.24. The van der Waals surface area contributed by atoms with Gasteiger partial charge in [0.05, 0.1) is 0 Å². The second-order valence-corrected chi connectivity index (χ2v) is 6.16.